The number of rotatable bonds is 2. The molecule has 0 atom stereocenters. The van der Waals surface area contributed by atoms with Crippen molar-refractivity contribution in [2.75, 3.05) is 7.11 Å². The van der Waals surface area contributed by atoms with Crippen LogP contribution < -0.4 is 0 Å². The topological polar surface area (TPSA) is 63.6 Å². The van der Waals surface area contributed by atoms with E-state index in [1.54, 1.807) is 18.2 Å². The van der Waals surface area contributed by atoms with Gasteiger partial charge in [-0.15, -0.1) is 0 Å². The summed E-state index contributed by atoms with van der Waals surface area (Å²) in [6.45, 7) is 0. The van der Waals surface area contributed by atoms with Gasteiger partial charge >= 0.3 is 5.97 Å². The third-order valence-electron chi connectivity index (χ3n) is 2.25. The van der Waals surface area contributed by atoms with Crippen molar-refractivity contribution in [3.05, 3.63) is 65.5 Å². The summed E-state index contributed by atoms with van der Waals surface area (Å²) in [5.74, 6) is -0.756. The van der Waals surface area contributed by atoms with Gasteiger partial charge in [0.05, 0.1) is 12.7 Å². The number of hydrogen-bond donors (Lipinski definition) is 1. The first-order valence-corrected chi connectivity index (χ1v) is 5.65. The van der Waals surface area contributed by atoms with Gasteiger partial charge in [-0.2, -0.15) is 0 Å². The van der Waals surface area contributed by atoms with Crippen LogP contribution in [-0.4, -0.2) is 24.5 Å². The van der Waals surface area contributed by atoms with Gasteiger partial charge in [0.15, 0.2) is 0 Å². The minimum atomic E-state index is -0.444. The van der Waals surface area contributed by atoms with E-state index < -0.39 is 5.97 Å². The number of methoxy groups -OCH3 is 1. The summed E-state index contributed by atoms with van der Waals surface area (Å²) >= 11 is 0. The van der Waals surface area contributed by atoms with Gasteiger partial charge in [-0.05, 0) is 30.3 Å². The van der Waals surface area contributed by atoms with Crippen molar-refractivity contribution in [1.29, 1.82) is 0 Å². The van der Waals surface area contributed by atoms with Crippen molar-refractivity contribution < 1.29 is 23.8 Å². The maximum absolute atomic E-state index is 12.2. The maximum Gasteiger partial charge on any atom is 0.337 e. The van der Waals surface area contributed by atoms with Crippen molar-refractivity contribution in [3.8, 4) is 5.75 Å². The number of carbonyl (C=O) groups is 2. The number of aldehydes is 1. The molecule has 2 aromatic rings. The molecule has 104 valence electrons. The quantitative estimate of drug-likeness (QED) is 0.676. The molecule has 0 amide bonds. The van der Waals surface area contributed by atoms with Crippen LogP contribution in [0.25, 0.3) is 0 Å². The number of ether oxygens (including phenoxy) is 1. The highest BCUT2D eigenvalue weighted by Gasteiger charge is 2.03. The van der Waals surface area contributed by atoms with E-state index in [1.165, 1.54) is 37.4 Å². The van der Waals surface area contributed by atoms with Gasteiger partial charge in [0.1, 0.15) is 17.9 Å². The summed E-state index contributed by atoms with van der Waals surface area (Å²) in [5, 5.41) is 8.95. The zero-order valence-corrected chi connectivity index (χ0v) is 10.7. The monoisotopic (exact) mass is 276 g/mol. The molecule has 4 nitrogen and oxygen atoms in total. The van der Waals surface area contributed by atoms with Gasteiger partial charge in [0.2, 0.25) is 0 Å². The minimum Gasteiger partial charge on any atom is -0.508 e. The Labute approximate surface area is 115 Å². The van der Waals surface area contributed by atoms with Crippen molar-refractivity contribution in [1.82, 2.24) is 0 Å². The van der Waals surface area contributed by atoms with Crippen LogP contribution in [0.2, 0.25) is 0 Å². The fourth-order valence-electron chi connectivity index (χ4n) is 1.33. The van der Waals surface area contributed by atoms with Crippen LogP contribution in [0.3, 0.4) is 0 Å². The second kappa shape index (κ2) is 7.68. The molecule has 20 heavy (non-hydrogen) atoms. The number of aromatic hydroxyl groups is 1. The van der Waals surface area contributed by atoms with Crippen LogP contribution >= 0.6 is 0 Å². The lowest BCUT2D eigenvalue weighted by molar-refractivity contribution is 0.0600. The van der Waals surface area contributed by atoms with Crippen molar-refractivity contribution in [3.63, 3.8) is 0 Å². The van der Waals surface area contributed by atoms with E-state index in [9.17, 15) is 14.0 Å². The van der Waals surface area contributed by atoms with Gasteiger partial charge in [-0.3, -0.25) is 4.79 Å². The molecule has 0 aliphatic carbocycles. The summed E-state index contributed by atoms with van der Waals surface area (Å²) in [5.41, 5.74) is 0.725. The van der Waals surface area contributed by atoms with E-state index in [-0.39, 0.29) is 11.6 Å². The molecular weight excluding hydrogens is 263 g/mol. The van der Waals surface area contributed by atoms with Gasteiger partial charge in [-0.1, -0.05) is 18.2 Å². The molecule has 0 saturated carbocycles. The second-order valence-corrected chi connectivity index (χ2v) is 3.71. The standard InChI is InChI=1S/C8H8O3.C7H5FO/c1-11-8(10)6-3-2-4-7(9)5-6;8-7-3-1-2-6(4-7)5-9/h2-5,9H,1H3;1-5H. The Bertz CT molecular complexity index is 596. The molecule has 0 bridgehead atoms. The summed E-state index contributed by atoms with van der Waals surface area (Å²) in [4.78, 5) is 20.8. The molecular formula is C15H13FO4. The summed E-state index contributed by atoms with van der Waals surface area (Å²) in [6, 6.07) is 11.5. The number of phenols is 1. The molecule has 0 unspecified atom stereocenters. The van der Waals surface area contributed by atoms with Gasteiger partial charge in [0.25, 0.3) is 0 Å². The average molecular weight is 276 g/mol. The summed E-state index contributed by atoms with van der Waals surface area (Å²) in [6.07, 6.45) is 0.614. The molecule has 0 aliphatic heterocycles. The Morgan fingerprint density at radius 3 is 2.40 bits per heavy atom. The first kappa shape index (κ1) is 15.4. The lowest BCUT2D eigenvalue weighted by atomic mass is 10.2. The maximum atomic E-state index is 12.2. The van der Waals surface area contributed by atoms with Crippen molar-refractivity contribution >= 4 is 12.3 Å². The van der Waals surface area contributed by atoms with Crippen molar-refractivity contribution in [2.45, 2.75) is 0 Å². The largest absolute Gasteiger partial charge is 0.508 e. The summed E-state index contributed by atoms with van der Waals surface area (Å²) in [7, 11) is 1.30. The Morgan fingerprint density at radius 1 is 1.20 bits per heavy atom. The fourth-order valence-corrected chi connectivity index (χ4v) is 1.33. The highest BCUT2D eigenvalue weighted by Crippen LogP contribution is 2.11. The highest BCUT2D eigenvalue weighted by atomic mass is 19.1. The van der Waals surface area contributed by atoms with Gasteiger partial charge in [-0.25, -0.2) is 9.18 Å². The van der Waals surface area contributed by atoms with E-state index in [2.05, 4.69) is 4.74 Å². The molecule has 0 saturated heterocycles. The fraction of sp³-hybridized carbons (Fsp3) is 0.0667. The molecule has 0 fully saturated rings. The van der Waals surface area contributed by atoms with Gasteiger partial charge in [0, 0.05) is 5.56 Å². The van der Waals surface area contributed by atoms with Crippen LogP contribution in [0.15, 0.2) is 48.5 Å². The number of benzene rings is 2. The Morgan fingerprint density at radius 2 is 1.90 bits per heavy atom. The lowest BCUT2D eigenvalue weighted by Gasteiger charge is -1.97. The molecule has 5 heteroatoms. The van der Waals surface area contributed by atoms with Crippen LogP contribution in [0.5, 0.6) is 5.75 Å². The summed E-state index contributed by atoms with van der Waals surface area (Å²) < 4.78 is 16.6. The van der Waals surface area contributed by atoms with E-state index in [4.69, 9.17) is 5.11 Å². The van der Waals surface area contributed by atoms with Crippen LogP contribution in [-0.2, 0) is 4.74 Å². The number of halogens is 1. The Kier molecular flexibility index (Phi) is 5.90. The minimum absolute atomic E-state index is 0.0629. The van der Waals surface area contributed by atoms with Gasteiger partial charge < -0.3 is 9.84 Å². The molecule has 2 rings (SSSR count). The third-order valence-corrected chi connectivity index (χ3v) is 2.25. The first-order chi connectivity index (χ1) is 9.56. The zero-order valence-electron chi connectivity index (χ0n) is 10.7. The molecule has 1 N–H and O–H groups in total. The highest BCUT2D eigenvalue weighted by molar-refractivity contribution is 5.89. The first-order valence-electron chi connectivity index (χ1n) is 5.65. The number of carbonyl (C=O) groups excluding carboxylic acids is 2. The van der Waals surface area contributed by atoms with E-state index in [0.717, 1.165) is 0 Å². The second-order valence-electron chi connectivity index (χ2n) is 3.71. The molecule has 0 aliphatic rings. The lowest BCUT2D eigenvalue weighted by Crippen LogP contribution is -1.99. The van der Waals surface area contributed by atoms with E-state index >= 15 is 0 Å². The Balaban J connectivity index is 0.000000204. The van der Waals surface area contributed by atoms with E-state index in [0.29, 0.717) is 17.4 Å². The molecule has 0 radical (unpaired) electrons. The third kappa shape index (κ3) is 4.89. The number of phenolic OH excluding ortho intramolecular Hbond substituents is 1. The molecule has 0 spiro atoms. The molecule has 0 heterocycles. The molecule has 2 aromatic carbocycles. The average Bonchev–Trinajstić information content (AvgIpc) is 2.47. The van der Waals surface area contributed by atoms with E-state index in [1.807, 2.05) is 0 Å². The predicted molar refractivity (Wildman–Crippen MR) is 71.2 cm³/mol. The number of esters is 1. The number of hydrogen-bond acceptors (Lipinski definition) is 4. The molecule has 0 aromatic heterocycles. The SMILES string of the molecule is COC(=O)c1cccc(O)c1.O=Cc1cccc(F)c1. The van der Waals surface area contributed by atoms with Crippen LogP contribution in [0, 0.1) is 5.82 Å². The predicted octanol–water partition coefficient (Wildman–Crippen LogP) is 2.82. The van der Waals surface area contributed by atoms with Crippen LogP contribution in [0.1, 0.15) is 20.7 Å². The van der Waals surface area contributed by atoms with Crippen LogP contribution in [0.4, 0.5) is 4.39 Å². The Hall–Kier alpha value is -2.69. The smallest absolute Gasteiger partial charge is 0.337 e. The normalized spacial score (nSPS) is 9.10. The zero-order chi connectivity index (χ0) is 15.0. The van der Waals surface area contributed by atoms with Crippen molar-refractivity contribution in [2.24, 2.45) is 0 Å².